The summed E-state index contributed by atoms with van der Waals surface area (Å²) in [6.45, 7) is 5.53. The molecule has 0 amide bonds. The summed E-state index contributed by atoms with van der Waals surface area (Å²) in [7, 11) is 1.84. The van der Waals surface area contributed by atoms with Crippen molar-refractivity contribution in [1.82, 2.24) is 10.6 Å². The molecule has 2 fully saturated rings. The van der Waals surface area contributed by atoms with Gasteiger partial charge in [-0.25, -0.2) is 0 Å². The molecular weight excluding hydrogens is 226 g/mol. The van der Waals surface area contributed by atoms with Crippen LogP contribution in [0.3, 0.4) is 0 Å². The van der Waals surface area contributed by atoms with Gasteiger partial charge in [0.2, 0.25) is 0 Å². The van der Waals surface area contributed by atoms with Gasteiger partial charge < -0.3 is 15.4 Å². The second-order valence-corrected chi connectivity index (χ2v) is 5.90. The van der Waals surface area contributed by atoms with Gasteiger partial charge in [0.15, 0.2) is 5.96 Å². The van der Waals surface area contributed by atoms with E-state index in [1.54, 1.807) is 0 Å². The number of guanidine groups is 1. The zero-order chi connectivity index (χ0) is 13.0. The first-order valence-corrected chi connectivity index (χ1v) is 7.31. The number of hydrogen-bond donors (Lipinski definition) is 2. The van der Waals surface area contributed by atoms with E-state index < -0.39 is 0 Å². The summed E-state index contributed by atoms with van der Waals surface area (Å²) in [6, 6.07) is 0.458. The maximum atomic E-state index is 5.84. The molecule has 0 aromatic heterocycles. The minimum atomic E-state index is 0.407. The maximum Gasteiger partial charge on any atom is 0.191 e. The normalized spacial score (nSPS) is 31.1. The van der Waals surface area contributed by atoms with Crippen molar-refractivity contribution in [2.45, 2.75) is 64.2 Å². The number of nitrogens with zero attached hydrogens (tertiary/aromatic N) is 1. The maximum absolute atomic E-state index is 5.84. The average molecular weight is 253 g/mol. The van der Waals surface area contributed by atoms with Crippen molar-refractivity contribution < 1.29 is 4.74 Å². The lowest BCUT2D eigenvalue weighted by molar-refractivity contribution is 0.0992. The molecule has 2 heterocycles. The van der Waals surface area contributed by atoms with Crippen LogP contribution < -0.4 is 10.6 Å². The van der Waals surface area contributed by atoms with Crippen molar-refractivity contribution in [2.24, 2.45) is 10.9 Å². The summed E-state index contributed by atoms with van der Waals surface area (Å²) in [6.07, 6.45) is 6.94. The SMILES string of the molecule is CN=C(NCCCC(C)C)NC1CC2CCC1O2. The number of rotatable bonds is 5. The summed E-state index contributed by atoms with van der Waals surface area (Å²) < 4.78 is 5.84. The van der Waals surface area contributed by atoms with E-state index in [1.807, 2.05) is 7.05 Å². The Hall–Kier alpha value is -0.770. The van der Waals surface area contributed by atoms with Crippen LogP contribution in [0.2, 0.25) is 0 Å². The third-order valence-electron chi connectivity index (χ3n) is 3.90. The lowest BCUT2D eigenvalue weighted by Crippen LogP contribution is -2.47. The molecule has 104 valence electrons. The molecule has 0 spiro atoms. The number of ether oxygens (including phenoxy) is 1. The van der Waals surface area contributed by atoms with Crippen molar-refractivity contribution >= 4 is 5.96 Å². The smallest absolute Gasteiger partial charge is 0.191 e. The van der Waals surface area contributed by atoms with Gasteiger partial charge in [0.05, 0.1) is 18.2 Å². The molecule has 2 aliphatic heterocycles. The van der Waals surface area contributed by atoms with Gasteiger partial charge in [0, 0.05) is 13.6 Å². The summed E-state index contributed by atoms with van der Waals surface area (Å²) in [5.74, 6) is 1.71. The standard InChI is InChI=1S/C14H27N3O/c1-10(2)5-4-8-16-14(15-3)17-12-9-11-6-7-13(12)18-11/h10-13H,4-9H2,1-3H3,(H2,15,16,17). The lowest BCUT2D eigenvalue weighted by atomic mass is 9.96. The molecule has 4 heteroatoms. The Bertz CT molecular complexity index is 291. The Kier molecular flexibility index (Phi) is 4.87. The van der Waals surface area contributed by atoms with Gasteiger partial charge in [0.1, 0.15) is 0 Å². The molecule has 0 aromatic rings. The molecular formula is C14H27N3O. The van der Waals surface area contributed by atoms with Gasteiger partial charge in [-0.15, -0.1) is 0 Å². The van der Waals surface area contributed by atoms with E-state index in [4.69, 9.17) is 4.74 Å². The molecule has 0 radical (unpaired) electrons. The molecule has 2 saturated heterocycles. The summed E-state index contributed by atoms with van der Waals surface area (Å²) in [5, 5.41) is 6.89. The van der Waals surface area contributed by atoms with Crippen LogP contribution in [-0.2, 0) is 4.74 Å². The summed E-state index contributed by atoms with van der Waals surface area (Å²) >= 11 is 0. The molecule has 0 aliphatic carbocycles. The molecule has 0 saturated carbocycles. The van der Waals surface area contributed by atoms with Gasteiger partial charge in [0.25, 0.3) is 0 Å². The Labute approximate surface area is 111 Å². The molecule has 4 nitrogen and oxygen atoms in total. The van der Waals surface area contributed by atoms with Crippen molar-refractivity contribution in [2.75, 3.05) is 13.6 Å². The number of fused-ring (bicyclic) bond motifs is 2. The minimum Gasteiger partial charge on any atom is -0.373 e. The highest BCUT2D eigenvalue weighted by Crippen LogP contribution is 2.34. The third-order valence-corrected chi connectivity index (χ3v) is 3.90. The Balaban J connectivity index is 1.67. The fourth-order valence-corrected chi connectivity index (χ4v) is 2.88. The van der Waals surface area contributed by atoms with Gasteiger partial charge in [-0.2, -0.15) is 0 Å². The van der Waals surface area contributed by atoms with Gasteiger partial charge in [-0.1, -0.05) is 13.8 Å². The van der Waals surface area contributed by atoms with Crippen LogP contribution >= 0.6 is 0 Å². The zero-order valence-electron chi connectivity index (χ0n) is 11.9. The molecule has 2 rings (SSSR count). The topological polar surface area (TPSA) is 45.7 Å². The van der Waals surface area contributed by atoms with Crippen LogP contribution in [0.5, 0.6) is 0 Å². The molecule has 3 atom stereocenters. The van der Waals surface area contributed by atoms with Crippen LogP contribution in [0, 0.1) is 5.92 Å². The summed E-state index contributed by atoms with van der Waals surface area (Å²) in [4.78, 5) is 4.29. The highest BCUT2D eigenvalue weighted by atomic mass is 16.5. The second-order valence-electron chi connectivity index (χ2n) is 5.90. The third kappa shape index (κ3) is 3.61. The Morgan fingerprint density at radius 2 is 2.22 bits per heavy atom. The largest absolute Gasteiger partial charge is 0.373 e. The predicted molar refractivity (Wildman–Crippen MR) is 74.9 cm³/mol. The number of hydrogen-bond acceptors (Lipinski definition) is 2. The van der Waals surface area contributed by atoms with E-state index in [0.29, 0.717) is 18.2 Å². The van der Waals surface area contributed by atoms with Crippen molar-refractivity contribution in [3.8, 4) is 0 Å². The van der Waals surface area contributed by atoms with E-state index in [-0.39, 0.29) is 0 Å². The number of nitrogens with one attached hydrogen (secondary N) is 2. The molecule has 2 aliphatic rings. The van der Waals surface area contributed by atoms with Crippen LogP contribution in [0.15, 0.2) is 4.99 Å². The van der Waals surface area contributed by atoms with Crippen LogP contribution in [0.1, 0.15) is 46.0 Å². The first-order chi connectivity index (χ1) is 8.69. The van der Waals surface area contributed by atoms with Crippen LogP contribution in [0.4, 0.5) is 0 Å². The van der Waals surface area contributed by atoms with Crippen molar-refractivity contribution in [3.05, 3.63) is 0 Å². The molecule has 3 unspecified atom stereocenters. The van der Waals surface area contributed by atoms with E-state index in [2.05, 4.69) is 29.5 Å². The fourth-order valence-electron chi connectivity index (χ4n) is 2.88. The second kappa shape index (κ2) is 6.41. The van der Waals surface area contributed by atoms with E-state index in [1.165, 1.54) is 25.7 Å². The zero-order valence-corrected chi connectivity index (χ0v) is 11.9. The van der Waals surface area contributed by atoms with Crippen molar-refractivity contribution in [3.63, 3.8) is 0 Å². The van der Waals surface area contributed by atoms with Crippen LogP contribution in [0.25, 0.3) is 0 Å². The first kappa shape index (κ1) is 13.7. The Morgan fingerprint density at radius 3 is 2.78 bits per heavy atom. The highest BCUT2D eigenvalue weighted by molar-refractivity contribution is 5.80. The predicted octanol–water partition coefficient (Wildman–Crippen LogP) is 1.91. The summed E-state index contributed by atoms with van der Waals surface area (Å²) in [5.41, 5.74) is 0. The van der Waals surface area contributed by atoms with Gasteiger partial charge in [-0.3, -0.25) is 4.99 Å². The number of aliphatic imine (C=N–C) groups is 1. The van der Waals surface area contributed by atoms with Gasteiger partial charge >= 0.3 is 0 Å². The molecule has 0 aromatic carbocycles. The Morgan fingerprint density at radius 1 is 1.39 bits per heavy atom. The van der Waals surface area contributed by atoms with Crippen LogP contribution in [-0.4, -0.2) is 37.8 Å². The molecule has 18 heavy (non-hydrogen) atoms. The molecule has 2 bridgehead atoms. The minimum absolute atomic E-state index is 0.407. The van der Waals surface area contributed by atoms with Crippen molar-refractivity contribution in [1.29, 1.82) is 0 Å². The first-order valence-electron chi connectivity index (χ1n) is 7.31. The average Bonchev–Trinajstić information content (AvgIpc) is 2.94. The van der Waals surface area contributed by atoms with Gasteiger partial charge in [-0.05, 0) is 38.0 Å². The molecule has 2 N–H and O–H groups in total. The fraction of sp³-hybridized carbons (Fsp3) is 0.929. The monoisotopic (exact) mass is 253 g/mol. The van der Waals surface area contributed by atoms with E-state index in [9.17, 15) is 0 Å². The highest BCUT2D eigenvalue weighted by Gasteiger charge is 2.40. The lowest BCUT2D eigenvalue weighted by Gasteiger charge is -2.22. The quantitative estimate of drug-likeness (QED) is 0.447. The van der Waals surface area contributed by atoms with E-state index in [0.717, 1.165) is 24.8 Å². The van der Waals surface area contributed by atoms with E-state index >= 15 is 0 Å².